The zero-order valence-electron chi connectivity index (χ0n) is 9.49. The Morgan fingerprint density at radius 3 is 2.59 bits per heavy atom. The SMILES string of the molecule is Brc1ccc(-c2ncc3c(n2)CCCC3)cc1. The second kappa shape index (κ2) is 4.57. The largest absolute Gasteiger partial charge is 0.236 e. The van der Waals surface area contributed by atoms with E-state index in [0.717, 1.165) is 28.7 Å². The minimum atomic E-state index is 0.846. The van der Waals surface area contributed by atoms with Gasteiger partial charge in [0, 0.05) is 21.9 Å². The van der Waals surface area contributed by atoms with Crippen molar-refractivity contribution < 1.29 is 0 Å². The molecule has 0 unspecified atom stereocenters. The number of aryl methyl sites for hydroxylation is 2. The molecule has 1 aromatic heterocycles. The van der Waals surface area contributed by atoms with E-state index in [2.05, 4.69) is 38.0 Å². The van der Waals surface area contributed by atoms with Crippen molar-refractivity contribution in [3.8, 4) is 11.4 Å². The number of rotatable bonds is 1. The van der Waals surface area contributed by atoms with Gasteiger partial charge in [-0.15, -0.1) is 0 Å². The molecular weight excluding hydrogens is 276 g/mol. The highest BCUT2D eigenvalue weighted by Crippen LogP contribution is 2.23. The van der Waals surface area contributed by atoms with Crippen LogP contribution in [0, 0.1) is 0 Å². The third-order valence-corrected chi connectivity index (χ3v) is 3.69. The highest BCUT2D eigenvalue weighted by atomic mass is 79.9. The lowest BCUT2D eigenvalue weighted by Gasteiger charge is -2.14. The van der Waals surface area contributed by atoms with Gasteiger partial charge in [0.25, 0.3) is 0 Å². The molecule has 17 heavy (non-hydrogen) atoms. The third kappa shape index (κ3) is 2.25. The van der Waals surface area contributed by atoms with Crippen LogP contribution in [-0.2, 0) is 12.8 Å². The molecule has 1 aliphatic rings. The highest BCUT2D eigenvalue weighted by molar-refractivity contribution is 9.10. The van der Waals surface area contributed by atoms with Crippen molar-refractivity contribution >= 4 is 15.9 Å². The molecule has 0 aliphatic heterocycles. The van der Waals surface area contributed by atoms with Crippen LogP contribution in [0.3, 0.4) is 0 Å². The van der Waals surface area contributed by atoms with Crippen LogP contribution in [0.1, 0.15) is 24.1 Å². The molecule has 0 atom stereocenters. The van der Waals surface area contributed by atoms with Gasteiger partial charge in [-0.05, 0) is 43.4 Å². The predicted octanol–water partition coefficient (Wildman–Crippen LogP) is 3.78. The number of hydrogen-bond acceptors (Lipinski definition) is 2. The first-order valence-electron chi connectivity index (χ1n) is 5.94. The monoisotopic (exact) mass is 288 g/mol. The van der Waals surface area contributed by atoms with Crippen molar-refractivity contribution in [3.05, 3.63) is 46.2 Å². The number of hydrogen-bond donors (Lipinski definition) is 0. The molecule has 0 N–H and O–H groups in total. The van der Waals surface area contributed by atoms with Gasteiger partial charge in [-0.1, -0.05) is 28.1 Å². The molecule has 1 heterocycles. The summed E-state index contributed by atoms with van der Waals surface area (Å²) < 4.78 is 1.08. The molecule has 0 spiro atoms. The Bertz CT molecular complexity index is 534. The smallest absolute Gasteiger partial charge is 0.159 e. The molecule has 0 saturated carbocycles. The fourth-order valence-electron chi connectivity index (χ4n) is 2.21. The van der Waals surface area contributed by atoms with Gasteiger partial charge in [0.05, 0.1) is 0 Å². The summed E-state index contributed by atoms with van der Waals surface area (Å²) in [5.41, 5.74) is 3.66. The summed E-state index contributed by atoms with van der Waals surface area (Å²) in [4.78, 5) is 9.15. The van der Waals surface area contributed by atoms with E-state index < -0.39 is 0 Å². The Labute approximate surface area is 109 Å². The van der Waals surface area contributed by atoms with Crippen molar-refractivity contribution in [1.29, 1.82) is 0 Å². The minimum Gasteiger partial charge on any atom is -0.236 e. The second-order valence-electron chi connectivity index (χ2n) is 4.38. The van der Waals surface area contributed by atoms with E-state index in [1.807, 2.05) is 18.3 Å². The summed E-state index contributed by atoms with van der Waals surface area (Å²) in [5, 5.41) is 0. The van der Waals surface area contributed by atoms with Crippen LogP contribution in [0.2, 0.25) is 0 Å². The fourth-order valence-corrected chi connectivity index (χ4v) is 2.48. The minimum absolute atomic E-state index is 0.846. The van der Waals surface area contributed by atoms with Gasteiger partial charge in [-0.2, -0.15) is 0 Å². The van der Waals surface area contributed by atoms with Crippen LogP contribution in [0.15, 0.2) is 34.9 Å². The van der Waals surface area contributed by atoms with Crippen LogP contribution in [0.5, 0.6) is 0 Å². The molecule has 0 saturated heterocycles. The molecule has 3 heteroatoms. The normalized spacial score (nSPS) is 14.4. The van der Waals surface area contributed by atoms with Crippen molar-refractivity contribution in [3.63, 3.8) is 0 Å². The van der Waals surface area contributed by atoms with E-state index in [0.29, 0.717) is 0 Å². The van der Waals surface area contributed by atoms with E-state index in [1.54, 1.807) is 0 Å². The molecule has 1 aliphatic carbocycles. The summed E-state index contributed by atoms with van der Waals surface area (Å²) in [5.74, 6) is 0.846. The second-order valence-corrected chi connectivity index (χ2v) is 5.30. The molecular formula is C14H13BrN2. The van der Waals surface area contributed by atoms with Crippen LogP contribution in [0.4, 0.5) is 0 Å². The van der Waals surface area contributed by atoms with Gasteiger partial charge in [0.1, 0.15) is 0 Å². The Morgan fingerprint density at radius 2 is 1.76 bits per heavy atom. The maximum absolute atomic E-state index is 4.69. The van der Waals surface area contributed by atoms with Gasteiger partial charge in [-0.25, -0.2) is 9.97 Å². The highest BCUT2D eigenvalue weighted by Gasteiger charge is 2.12. The Balaban J connectivity index is 2.01. The van der Waals surface area contributed by atoms with Crippen LogP contribution < -0.4 is 0 Å². The van der Waals surface area contributed by atoms with Gasteiger partial charge in [0.15, 0.2) is 5.82 Å². The summed E-state index contributed by atoms with van der Waals surface area (Å²) in [6.07, 6.45) is 6.76. The zero-order valence-corrected chi connectivity index (χ0v) is 11.1. The Hall–Kier alpha value is -1.22. The number of benzene rings is 1. The maximum Gasteiger partial charge on any atom is 0.159 e. The first-order chi connectivity index (χ1) is 8.33. The topological polar surface area (TPSA) is 25.8 Å². The number of halogens is 1. The lowest BCUT2D eigenvalue weighted by Crippen LogP contribution is -2.07. The lowest BCUT2D eigenvalue weighted by atomic mass is 9.97. The number of nitrogens with zero attached hydrogens (tertiary/aromatic N) is 2. The molecule has 86 valence electrons. The Morgan fingerprint density at radius 1 is 1.00 bits per heavy atom. The summed E-state index contributed by atoms with van der Waals surface area (Å²) >= 11 is 3.44. The molecule has 0 fully saturated rings. The third-order valence-electron chi connectivity index (χ3n) is 3.17. The van der Waals surface area contributed by atoms with Gasteiger partial charge in [0.2, 0.25) is 0 Å². The van der Waals surface area contributed by atoms with E-state index in [9.17, 15) is 0 Å². The summed E-state index contributed by atoms with van der Waals surface area (Å²) in [7, 11) is 0. The molecule has 1 aromatic carbocycles. The first kappa shape index (κ1) is 10.9. The van der Waals surface area contributed by atoms with Crippen LogP contribution >= 0.6 is 15.9 Å². The van der Waals surface area contributed by atoms with Crippen molar-refractivity contribution in [2.45, 2.75) is 25.7 Å². The molecule has 2 aromatic rings. The quantitative estimate of drug-likeness (QED) is 0.798. The van der Waals surface area contributed by atoms with Crippen molar-refractivity contribution in [1.82, 2.24) is 9.97 Å². The predicted molar refractivity (Wildman–Crippen MR) is 71.8 cm³/mol. The van der Waals surface area contributed by atoms with Crippen molar-refractivity contribution in [2.75, 3.05) is 0 Å². The lowest BCUT2D eigenvalue weighted by molar-refractivity contribution is 0.663. The van der Waals surface area contributed by atoms with E-state index in [-0.39, 0.29) is 0 Å². The maximum atomic E-state index is 4.69. The van der Waals surface area contributed by atoms with E-state index in [4.69, 9.17) is 0 Å². The zero-order chi connectivity index (χ0) is 11.7. The molecule has 0 amide bonds. The molecule has 0 radical (unpaired) electrons. The van der Waals surface area contributed by atoms with Gasteiger partial charge >= 0.3 is 0 Å². The van der Waals surface area contributed by atoms with Crippen LogP contribution in [-0.4, -0.2) is 9.97 Å². The average Bonchev–Trinajstić information content (AvgIpc) is 2.39. The molecule has 3 rings (SSSR count). The van der Waals surface area contributed by atoms with E-state index >= 15 is 0 Å². The summed E-state index contributed by atoms with van der Waals surface area (Å²) in [6, 6.07) is 8.15. The fraction of sp³-hybridized carbons (Fsp3) is 0.286. The van der Waals surface area contributed by atoms with Crippen molar-refractivity contribution in [2.24, 2.45) is 0 Å². The average molecular weight is 289 g/mol. The van der Waals surface area contributed by atoms with E-state index in [1.165, 1.54) is 24.1 Å². The van der Waals surface area contributed by atoms with Gasteiger partial charge in [-0.3, -0.25) is 0 Å². The summed E-state index contributed by atoms with van der Waals surface area (Å²) in [6.45, 7) is 0. The molecule has 2 nitrogen and oxygen atoms in total. The first-order valence-corrected chi connectivity index (χ1v) is 6.73. The Kier molecular flexibility index (Phi) is 2.93. The number of aromatic nitrogens is 2. The standard InChI is InChI=1S/C14H13BrN2/c15-12-7-5-10(6-8-12)14-16-9-11-3-1-2-4-13(11)17-14/h5-9H,1-4H2. The number of fused-ring (bicyclic) bond motifs is 1. The van der Waals surface area contributed by atoms with Gasteiger partial charge < -0.3 is 0 Å². The molecule has 0 bridgehead atoms. The van der Waals surface area contributed by atoms with Crippen LogP contribution in [0.25, 0.3) is 11.4 Å².